The van der Waals surface area contributed by atoms with Crippen LogP contribution in [0, 0.1) is 0 Å². The third-order valence-electron chi connectivity index (χ3n) is 5.98. The molecule has 2 aromatic rings. The van der Waals surface area contributed by atoms with Crippen LogP contribution in [-0.4, -0.2) is 51.1 Å². The van der Waals surface area contributed by atoms with Crippen LogP contribution < -0.4 is 0 Å². The number of rotatable bonds is 17. The average Bonchev–Trinajstić information content (AvgIpc) is 2.99. The van der Waals surface area contributed by atoms with Gasteiger partial charge in [0.25, 0.3) is 0 Å². The van der Waals surface area contributed by atoms with Crippen molar-refractivity contribution < 1.29 is 53.6 Å². The predicted octanol–water partition coefficient (Wildman–Crippen LogP) is 6.52. The molecule has 0 bridgehead atoms. The van der Waals surface area contributed by atoms with E-state index in [-0.39, 0.29) is 35.1 Å². The first-order chi connectivity index (χ1) is 20.5. The van der Waals surface area contributed by atoms with Crippen LogP contribution in [0.15, 0.2) is 60.9 Å². The zero-order valence-electron chi connectivity index (χ0n) is 24.2. The lowest BCUT2D eigenvalue weighted by Gasteiger charge is -2.04. The highest BCUT2D eigenvalue weighted by atomic mass is 16.6. The van der Waals surface area contributed by atoms with Crippen LogP contribution in [0.4, 0.5) is 0 Å². The molecule has 3 N–H and O–H groups in total. The number of carboxylic acids is 3. The molecule has 0 saturated heterocycles. The van der Waals surface area contributed by atoms with Gasteiger partial charge in [-0.1, -0.05) is 51.9 Å². The van der Waals surface area contributed by atoms with E-state index >= 15 is 0 Å². The summed E-state index contributed by atoms with van der Waals surface area (Å²) in [6.07, 6.45) is 14.1. The molecule has 0 aromatic heterocycles. The van der Waals surface area contributed by atoms with Gasteiger partial charge in [-0.05, 0) is 67.4 Å². The van der Waals surface area contributed by atoms with Gasteiger partial charge < -0.3 is 24.8 Å². The molecule has 0 spiro atoms. The molecule has 0 heterocycles. The maximum Gasteiger partial charge on any atom is 0.346 e. The summed E-state index contributed by atoms with van der Waals surface area (Å²) in [4.78, 5) is 66.3. The molecule has 11 heteroatoms. The number of hydrogen-bond acceptors (Lipinski definition) is 8. The fourth-order valence-corrected chi connectivity index (χ4v) is 3.56. The van der Waals surface area contributed by atoms with Gasteiger partial charge in [0, 0.05) is 0 Å². The minimum atomic E-state index is -1.14. The summed E-state index contributed by atoms with van der Waals surface area (Å²) < 4.78 is 9.43. The second kappa shape index (κ2) is 21.0. The van der Waals surface area contributed by atoms with Crippen LogP contribution in [0.5, 0.6) is 0 Å². The molecule has 0 radical (unpaired) electrons. The normalized spacial score (nSPS) is 10.3. The quantitative estimate of drug-likeness (QED) is 0.0780. The summed E-state index contributed by atoms with van der Waals surface area (Å²) in [7, 11) is 0. The number of carbonyl (C=O) groups is 6. The molecule has 0 saturated carbocycles. The number of ether oxygens (including phenoxy) is 2. The number of carboxylic acid groups (broad SMARTS) is 3. The largest absolute Gasteiger partial charge is 0.481 e. The van der Waals surface area contributed by atoms with Crippen molar-refractivity contribution in [1.29, 1.82) is 0 Å². The predicted molar refractivity (Wildman–Crippen MR) is 156 cm³/mol. The van der Waals surface area contributed by atoms with Crippen molar-refractivity contribution in [2.24, 2.45) is 0 Å². The minimum Gasteiger partial charge on any atom is -0.481 e. The molecular formula is C32H38O11. The number of unbranched alkanes of at least 4 members (excludes halogenated alkanes) is 8. The Hall–Kier alpha value is -4.80. The number of esters is 3. The third-order valence-corrected chi connectivity index (χ3v) is 5.98. The van der Waals surface area contributed by atoms with Gasteiger partial charge in [-0.3, -0.25) is 9.59 Å². The molecule has 232 valence electrons. The van der Waals surface area contributed by atoms with E-state index in [2.05, 4.69) is 11.7 Å². The number of aromatic carboxylic acids is 2. The van der Waals surface area contributed by atoms with E-state index in [0.717, 1.165) is 12.8 Å². The van der Waals surface area contributed by atoms with E-state index in [1.807, 2.05) is 6.08 Å². The minimum absolute atomic E-state index is 0.00265. The van der Waals surface area contributed by atoms with Crippen molar-refractivity contribution in [2.45, 2.75) is 77.6 Å². The van der Waals surface area contributed by atoms with E-state index in [4.69, 9.17) is 20.1 Å². The molecule has 2 aromatic carbocycles. The second-order valence-electron chi connectivity index (χ2n) is 9.46. The van der Waals surface area contributed by atoms with Crippen molar-refractivity contribution in [2.75, 3.05) is 0 Å². The van der Waals surface area contributed by atoms with Crippen LogP contribution in [0.3, 0.4) is 0 Å². The van der Waals surface area contributed by atoms with Crippen molar-refractivity contribution in [3.05, 3.63) is 83.1 Å². The summed E-state index contributed by atoms with van der Waals surface area (Å²) in [6, 6.07) is 9.77. The van der Waals surface area contributed by atoms with Crippen molar-refractivity contribution in [1.82, 2.24) is 0 Å². The van der Waals surface area contributed by atoms with Crippen LogP contribution in [0.25, 0.3) is 0 Å². The van der Waals surface area contributed by atoms with Gasteiger partial charge in [0.15, 0.2) is 0 Å². The third kappa shape index (κ3) is 16.3. The molecule has 0 unspecified atom stereocenters. The number of hydrogen-bond donors (Lipinski definition) is 3. The highest BCUT2D eigenvalue weighted by Gasteiger charge is 2.16. The lowest BCUT2D eigenvalue weighted by Crippen LogP contribution is -2.13. The molecule has 11 nitrogen and oxygen atoms in total. The maximum atomic E-state index is 11.8. The Morgan fingerprint density at radius 1 is 0.605 bits per heavy atom. The first kappa shape index (κ1) is 36.2. The number of aliphatic carboxylic acids is 1. The topological polar surface area (TPSA) is 182 Å². The molecule has 43 heavy (non-hydrogen) atoms. The first-order valence-corrected chi connectivity index (χ1v) is 14.0. The zero-order chi connectivity index (χ0) is 32.0. The molecule has 0 aliphatic heterocycles. The van der Waals surface area contributed by atoms with Gasteiger partial charge in [-0.15, -0.1) is 0 Å². The van der Waals surface area contributed by atoms with E-state index in [1.54, 1.807) is 0 Å². The van der Waals surface area contributed by atoms with Gasteiger partial charge in [0.05, 0.1) is 41.4 Å². The SMILES string of the molecule is CCCCCCCCCCC=COC(=O)CCC(=O)O.O=C(O)c1ccc(C(=O)OC(=O)c2ccc(C(=O)O)cc2)cc1. The van der Waals surface area contributed by atoms with Crippen molar-refractivity contribution in [3.63, 3.8) is 0 Å². The smallest absolute Gasteiger partial charge is 0.346 e. The van der Waals surface area contributed by atoms with E-state index in [0.29, 0.717) is 0 Å². The van der Waals surface area contributed by atoms with E-state index in [1.165, 1.54) is 99.7 Å². The Kier molecular flexibility index (Phi) is 17.7. The molecule has 0 aliphatic carbocycles. The van der Waals surface area contributed by atoms with Gasteiger partial charge in [-0.25, -0.2) is 19.2 Å². The van der Waals surface area contributed by atoms with Crippen LogP contribution in [0.1, 0.15) is 119 Å². The van der Waals surface area contributed by atoms with Gasteiger partial charge in [-0.2, -0.15) is 0 Å². The Morgan fingerprint density at radius 3 is 1.44 bits per heavy atom. The Labute approximate surface area is 250 Å². The fourth-order valence-electron chi connectivity index (χ4n) is 3.56. The Morgan fingerprint density at radius 2 is 1.02 bits per heavy atom. The highest BCUT2D eigenvalue weighted by molar-refractivity contribution is 6.03. The summed E-state index contributed by atoms with van der Waals surface area (Å²) in [5, 5.41) is 25.9. The zero-order valence-corrected chi connectivity index (χ0v) is 24.2. The van der Waals surface area contributed by atoms with Crippen molar-refractivity contribution >= 4 is 35.8 Å². The molecule has 0 fully saturated rings. The van der Waals surface area contributed by atoms with Gasteiger partial charge >= 0.3 is 35.8 Å². The summed E-state index contributed by atoms with van der Waals surface area (Å²) in [6.45, 7) is 2.22. The first-order valence-electron chi connectivity index (χ1n) is 14.0. The molecule has 0 amide bonds. The molecule has 2 rings (SSSR count). The molecular weight excluding hydrogens is 560 g/mol. The van der Waals surface area contributed by atoms with Crippen LogP contribution >= 0.6 is 0 Å². The second-order valence-corrected chi connectivity index (χ2v) is 9.46. The molecule has 0 aliphatic rings. The van der Waals surface area contributed by atoms with E-state index < -0.39 is 35.8 Å². The van der Waals surface area contributed by atoms with Gasteiger partial charge in [0.2, 0.25) is 0 Å². The monoisotopic (exact) mass is 598 g/mol. The Balaban J connectivity index is 0.000000436. The number of allylic oxidation sites excluding steroid dienone is 1. The fraction of sp³-hybridized carbons (Fsp3) is 0.375. The van der Waals surface area contributed by atoms with Crippen molar-refractivity contribution in [3.8, 4) is 0 Å². The summed E-state index contributed by atoms with van der Waals surface area (Å²) in [5.41, 5.74) is 0.0327. The number of carbonyl (C=O) groups excluding carboxylic acids is 3. The molecule has 0 atom stereocenters. The lowest BCUT2D eigenvalue weighted by molar-refractivity contribution is -0.144. The maximum absolute atomic E-state index is 11.8. The number of benzene rings is 2. The standard InChI is InChI=1S/C16H10O7.C16H28O4/c17-13(18)9-1-5-11(6-2-9)15(21)23-16(22)12-7-3-10(4-8-12)14(19)20;1-2-3-4-5-6-7-8-9-10-11-14-20-16(19)13-12-15(17)18/h1-8H,(H,17,18)(H,19,20);11,14H,2-10,12-13H2,1H3,(H,17,18). The van der Waals surface area contributed by atoms with E-state index in [9.17, 15) is 28.8 Å². The highest BCUT2D eigenvalue weighted by Crippen LogP contribution is 2.11. The summed E-state index contributed by atoms with van der Waals surface area (Å²) >= 11 is 0. The Bertz CT molecular complexity index is 1160. The van der Waals surface area contributed by atoms with Crippen LogP contribution in [0.2, 0.25) is 0 Å². The average molecular weight is 599 g/mol. The van der Waals surface area contributed by atoms with Gasteiger partial charge in [0.1, 0.15) is 0 Å². The summed E-state index contributed by atoms with van der Waals surface area (Å²) in [5.74, 6) is -5.62. The van der Waals surface area contributed by atoms with Crippen LogP contribution in [-0.2, 0) is 19.1 Å². The lowest BCUT2D eigenvalue weighted by atomic mass is 10.1.